The number of carbonyl (C=O) groups excluding carboxylic acids is 1. The van der Waals surface area contributed by atoms with Gasteiger partial charge in [-0.3, -0.25) is 9.48 Å². The van der Waals surface area contributed by atoms with Crippen LogP contribution in [0.15, 0.2) is 36.5 Å². The molecule has 0 atom stereocenters. The summed E-state index contributed by atoms with van der Waals surface area (Å²) in [7, 11) is 1.53. The van der Waals surface area contributed by atoms with Crippen LogP contribution in [-0.4, -0.2) is 22.7 Å². The third kappa shape index (κ3) is 3.53. The molecule has 2 aromatic rings. The van der Waals surface area contributed by atoms with Crippen molar-refractivity contribution in [3.8, 4) is 0 Å². The lowest BCUT2D eigenvalue weighted by Crippen LogP contribution is -2.30. The third-order valence-corrected chi connectivity index (χ3v) is 2.88. The van der Waals surface area contributed by atoms with Gasteiger partial charge < -0.3 is 10.6 Å². The van der Waals surface area contributed by atoms with Gasteiger partial charge in [0.25, 0.3) is 0 Å². The largest absolute Gasteiger partial charge is 0.435 e. The first-order valence-electron chi connectivity index (χ1n) is 6.00. The lowest BCUT2D eigenvalue weighted by Gasteiger charge is -2.17. The molecule has 1 amide bonds. The Bertz CT molecular complexity index is 634. The van der Waals surface area contributed by atoms with Gasteiger partial charge in [-0.15, -0.1) is 0 Å². The SMILES string of the molecule is CN(C(=O)Cn1ccc(C(F)(F)F)n1)c1ccc(N)cc1. The second-order valence-electron chi connectivity index (χ2n) is 4.44. The number of alkyl halides is 3. The van der Waals surface area contributed by atoms with Gasteiger partial charge in [-0.1, -0.05) is 0 Å². The molecule has 0 radical (unpaired) electrons. The van der Waals surface area contributed by atoms with Gasteiger partial charge in [0.15, 0.2) is 5.69 Å². The number of benzene rings is 1. The summed E-state index contributed by atoms with van der Waals surface area (Å²) in [6.07, 6.45) is -3.39. The Morgan fingerprint density at radius 3 is 2.43 bits per heavy atom. The van der Waals surface area contributed by atoms with E-state index in [4.69, 9.17) is 5.73 Å². The summed E-state index contributed by atoms with van der Waals surface area (Å²) in [4.78, 5) is 13.3. The van der Waals surface area contributed by atoms with Crippen LogP contribution in [0.5, 0.6) is 0 Å². The molecule has 2 N–H and O–H groups in total. The molecule has 21 heavy (non-hydrogen) atoms. The monoisotopic (exact) mass is 298 g/mol. The van der Waals surface area contributed by atoms with Crippen molar-refractivity contribution in [2.45, 2.75) is 12.7 Å². The lowest BCUT2D eigenvalue weighted by molar-refractivity contribution is -0.141. The maximum absolute atomic E-state index is 12.4. The van der Waals surface area contributed by atoms with Crippen LogP contribution in [0.3, 0.4) is 0 Å². The highest BCUT2D eigenvalue weighted by Gasteiger charge is 2.33. The highest BCUT2D eigenvalue weighted by Crippen LogP contribution is 2.27. The van der Waals surface area contributed by atoms with E-state index >= 15 is 0 Å². The first-order chi connectivity index (χ1) is 9.77. The fourth-order valence-electron chi connectivity index (χ4n) is 1.69. The number of rotatable bonds is 3. The number of likely N-dealkylation sites (N-methyl/N-ethyl adjacent to an activating group) is 1. The predicted octanol–water partition coefficient (Wildman–Crippen LogP) is 2.15. The van der Waals surface area contributed by atoms with E-state index < -0.39 is 17.8 Å². The second kappa shape index (κ2) is 5.47. The molecule has 0 saturated carbocycles. The zero-order valence-electron chi connectivity index (χ0n) is 11.1. The number of amides is 1. The average molecular weight is 298 g/mol. The van der Waals surface area contributed by atoms with Crippen molar-refractivity contribution in [3.63, 3.8) is 0 Å². The van der Waals surface area contributed by atoms with Crippen LogP contribution in [0.1, 0.15) is 5.69 Å². The number of aromatic nitrogens is 2. The van der Waals surface area contributed by atoms with Crippen LogP contribution < -0.4 is 10.6 Å². The number of hydrogen-bond acceptors (Lipinski definition) is 3. The van der Waals surface area contributed by atoms with Crippen molar-refractivity contribution in [1.82, 2.24) is 9.78 Å². The molecule has 1 aromatic heterocycles. The van der Waals surface area contributed by atoms with Gasteiger partial charge in [0.1, 0.15) is 6.54 Å². The molecular weight excluding hydrogens is 285 g/mol. The molecule has 0 bridgehead atoms. The van der Waals surface area contributed by atoms with Crippen LogP contribution in [0.2, 0.25) is 0 Å². The van der Waals surface area contributed by atoms with Crippen LogP contribution in [0, 0.1) is 0 Å². The van der Waals surface area contributed by atoms with Gasteiger partial charge >= 0.3 is 6.18 Å². The Morgan fingerprint density at radius 1 is 1.29 bits per heavy atom. The Balaban J connectivity index is 2.07. The van der Waals surface area contributed by atoms with E-state index in [1.807, 2.05) is 0 Å². The molecule has 0 aliphatic carbocycles. The summed E-state index contributed by atoms with van der Waals surface area (Å²) >= 11 is 0. The molecule has 5 nitrogen and oxygen atoms in total. The van der Waals surface area contributed by atoms with Gasteiger partial charge in [-0.2, -0.15) is 18.3 Å². The van der Waals surface area contributed by atoms with Crippen molar-refractivity contribution in [2.24, 2.45) is 0 Å². The van der Waals surface area contributed by atoms with Gasteiger partial charge in [0.2, 0.25) is 5.91 Å². The predicted molar refractivity (Wildman–Crippen MR) is 71.5 cm³/mol. The quantitative estimate of drug-likeness (QED) is 0.883. The van der Waals surface area contributed by atoms with E-state index in [1.54, 1.807) is 24.3 Å². The minimum atomic E-state index is -4.52. The summed E-state index contributed by atoms with van der Waals surface area (Å²) in [6, 6.07) is 7.40. The fourth-order valence-corrected chi connectivity index (χ4v) is 1.69. The number of carbonyl (C=O) groups is 1. The Morgan fingerprint density at radius 2 is 1.90 bits per heavy atom. The zero-order valence-corrected chi connectivity index (χ0v) is 11.1. The van der Waals surface area contributed by atoms with Crippen molar-refractivity contribution in [3.05, 3.63) is 42.2 Å². The molecule has 0 aliphatic rings. The standard InChI is InChI=1S/C13H13F3N4O/c1-19(10-4-2-9(17)3-5-10)12(21)8-20-7-6-11(18-20)13(14,15)16/h2-7H,8,17H2,1H3. The van der Waals surface area contributed by atoms with Crippen LogP contribution >= 0.6 is 0 Å². The highest BCUT2D eigenvalue weighted by molar-refractivity contribution is 5.92. The fraction of sp³-hybridized carbons (Fsp3) is 0.231. The van der Waals surface area contributed by atoms with E-state index in [0.717, 1.165) is 16.9 Å². The molecule has 0 saturated heterocycles. The van der Waals surface area contributed by atoms with E-state index in [1.165, 1.54) is 11.9 Å². The second-order valence-corrected chi connectivity index (χ2v) is 4.44. The number of nitrogen functional groups attached to an aromatic ring is 1. The molecule has 112 valence electrons. The smallest absolute Gasteiger partial charge is 0.399 e. The first-order valence-corrected chi connectivity index (χ1v) is 6.00. The summed E-state index contributed by atoms with van der Waals surface area (Å²) in [6.45, 7) is -0.281. The zero-order chi connectivity index (χ0) is 15.6. The van der Waals surface area contributed by atoms with E-state index in [9.17, 15) is 18.0 Å². The molecule has 0 aliphatic heterocycles. The number of nitrogens with zero attached hydrogens (tertiary/aromatic N) is 3. The molecule has 0 fully saturated rings. The molecule has 0 unspecified atom stereocenters. The normalized spacial score (nSPS) is 11.4. The molecule has 0 spiro atoms. The summed E-state index contributed by atoms with van der Waals surface area (Å²) in [5, 5.41) is 3.34. The van der Waals surface area contributed by atoms with Crippen LogP contribution in [0.4, 0.5) is 24.5 Å². The van der Waals surface area contributed by atoms with Crippen molar-refractivity contribution in [2.75, 3.05) is 17.7 Å². The third-order valence-electron chi connectivity index (χ3n) is 2.88. The lowest BCUT2D eigenvalue weighted by atomic mass is 10.2. The first kappa shape index (κ1) is 14.9. The summed E-state index contributed by atoms with van der Waals surface area (Å²) < 4.78 is 38.2. The van der Waals surface area contributed by atoms with Gasteiger partial charge in [-0.05, 0) is 30.3 Å². The van der Waals surface area contributed by atoms with Crippen molar-refractivity contribution >= 4 is 17.3 Å². The Hall–Kier alpha value is -2.51. The van der Waals surface area contributed by atoms with Gasteiger partial charge in [0, 0.05) is 24.6 Å². The minimum Gasteiger partial charge on any atom is -0.399 e. The summed E-state index contributed by atoms with van der Waals surface area (Å²) in [5.74, 6) is -0.392. The Labute approximate surface area is 118 Å². The number of anilines is 2. The number of halogens is 3. The van der Waals surface area contributed by atoms with E-state index in [0.29, 0.717) is 11.4 Å². The molecule has 1 heterocycles. The van der Waals surface area contributed by atoms with E-state index in [2.05, 4.69) is 5.10 Å². The maximum Gasteiger partial charge on any atom is 0.435 e. The molecule has 2 rings (SSSR count). The molecular formula is C13H13F3N4O. The number of hydrogen-bond donors (Lipinski definition) is 1. The maximum atomic E-state index is 12.4. The topological polar surface area (TPSA) is 64.2 Å². The van der Waals surface area contributed by atoms with Crippen molar-refractivity contribution < 1.29 is 18.0 Å². The highest BCUT2D eigenvalue weighted by atomic mass is 19.4. The van der Waals surface area contributed by atoms with Crippen molar-refractivity contribution in [1.29, 1.82) is 0 Å². The van der Waals surface area contributed by atoms with Crippen LogP contribution in [0.25, 0.3) is 0 Å². The molecule has 8 heteroatoms. The van der Waals surface area contributed by atoms with Gasteiger partial charge in [0.05, 0.1) is 0 Å². The van der Waals surface area contributed by atoms with Gasteiger partial charge in [-0.25, -0.2) is 0 Å². The van der Waals surface area contributed by atoms with Crippen LogP contribution in [-0.2, 0) is 17.5 Å². The minimum absolute atomic E-state index is 0.281. The average Bonchev–Trinajstić information content (AvgIpc) is 2.87. The van der Waals surface area contributed by atoms with E-state index in [-0.39, 0.29) is 6.54 Å². The summed E-state index contributed by atoms with van der Waals surface area (Å²) in [5.41, 5.74) is 5.67. The molecule has 1 aromatic carbocycles. The number of nitrogens with two attached hydrogens (primary N) is 1. The Kier molecular flexibility index (Phi) is 3.88.